The Hall–Kier alpha value is -4.83. The molecule has 266 valence electrons. The largest absolute Gasteiger partial charge is 0.508 e. The Morgan fingerprint density at radius 1 is 0.843 bits per heavy atom. The molecule has 51 heavy (non-hydrogen) atoms. The molecule has 2 saturated heterocycles. The summed E-state index contributed by atoms with van der Waals surface area (Å²) in [5.41, 5.74) is 5.43. The first-order chi connectivity index (χ1) is 24.7. The fourth-order valence-corrected chi connectivity index (χ4v) is 8.55. The van der Waals surface area contributed by atoms with Gasteiger partial charge >= 0.3 is 0 Å². The van der Waals surface area contributed by atoms with Crippen LogP contribution in [0.25, 0.3) is 0 Å². The van der Waals surface area contributed by atoms with Gasteiger partial charge in [-0.15, -0.1) is 0 Å². The van der Waals surface area contributed by atoms with E-state index in [4.69, 9.17) is 9.47 Å². The number of anilines is 2. The second kappa shape index (κ2) is 13.7. The van der Waals surface area contributed by atoms with Gasteiger partial charge in [0.1, 0.15) is 28.9 Å². The number of hydrogen-bond acceptors (Lipinski definition) is 7. The van der Waals surface area contributed by atoms with Gasteiger partial charge in [-0.2, -0.15) is 0 Å². The summed E-state index contributed by atoms with van der Waals surface area (Å²) < 4.78 is 42.7. The van der Waals surface area contributed by atoms with Gasteiger partial charge in [0.05, 0.1) is 25.1 Å². The number of aromatic hydroxyl groups is 1. The maximum Gasteiger partial charge on any atom is 0.254 e. The quantitative estimate of drug-likeness (QED) is 0.234. The first kappa shape index (κ1) is 33.3. The smallest absolute Gasteiger partial charge is 0.254 e. The standard InChI is InChI=1S/C41H44F2N4O4/c1-44-24-29-20-38(36(43)22-33(29)41(44)49)47-16-14-45(15-17-47)23-26-10-12-46(13-11-26)37-9-6-28(19-35(37)42)40-32-8-7-30(48)21-39(32)51-25-34(40)27-4-3-5-31(18-27)50-2/h3-9,18-22,26,34,40,48H,10-17,23-25H2,1-2H3. The molecule has 2 atom stereocenters. The van der Waals surface area contributed by atoms with E-state index in [9.17, 15) is 9.90 Å². The van der Waals surface area contributed by atoms with E-state index < -0.39 is 0 Å². The summed E-state index contributed by atoms with van der Waals surface area (Å²) in [5.74, 6) is 1.13. The molecular formula is C41H44F2N4O4. The maximum atomic E-state index is 16.1. The van der Waals surface area contributed by atoms with Gasteiger partial charge in [0.2, 0.25) is 0 Å². The third-order valence-corrected chi connectivity index (χ3v) is 11.3. The lowest BCUT2D eigenvalue weighted by Crippen LogP contribution is -2.49. The van der Waals surface area contributed by atoms with Crippen LogP contribution in [0.15, 0.2) is 72.8 Å². The zero-order valence-corrected chi connectivity index (χ0v) is 29.2. The Labute approximate surface area is 297 Å². The second-order valence-corrected chi connectivity index (χ2v) is 14.4. The summed E-state index contributed by atoms with van der Waals surface area (Å²) in [5, 5.41) is 10.1. The number of fused-ring (bicyclic) bond motifs is 2. The number of nitrogens with zero attached hydrogens (tertiary/aromatic N) is 4. The molecule has 4 heterocycles. The third-order valence-electron chi connectivity index (χ3n) is 11.3. The van der Waals surface area contributed by atoms with E-state index in [0.29, 0.717) is 41.8 Å². The van der Waals surface area contributed by atoms with Crippen molar-refractivity contribution < 1.29 is 28.2 Å². The Bertz CT molecular complexity index is 1940. The number of piperazine rings is 1. The van der Waals surface area contributed by atoms with Crippen molar-refractivity contribution in [3.05, 3.63) is 112 Å². The highest BCUT2D eigenvalue weighted by Crippen LogP contribution is 2.48. The number of phenolic OH excluding ortho intramolecular Hbond substituents is 1. The van der Waals surface area contributed by atoms with Crippen molar-refractivity contribution in [1.82, 2.24) is 9.80 Å². The fourth-order valence-electron chi connectivity index (χ4n) is 8.55. The summed E-state index contributed by atoms with van der Waals surface area (Å²) in [7, 11) is 3.39. The lowest BCUT2D eigenvalue weighted by Gasteiger charge is -2.40. The van der Waals surface area contributed by atoms with Crippen LogP contribution in [-0.2, 0) is 6.54 Å². The highest BCUT2D eigenvalue weighted by molar-refractivity contribution is 5.98. The minimum absolute atomic E-state index is 0.0693. The molecule has 4 aliphatic rings. The molecule has 0 spiro atoms. The highest BCUT2D eigenvalue weighted by atomic mass is 19.1. The maximum absolute atomic E-state index is 16.1. The molecular weight excluding hydrogens is 650 g/mol. The lowest BCUT2D eigenvalue weighted by molar-refractivity contribution is 0.0816. The lowest BCUT2D eigenvalue weighted by atomic mass is 9.75. The van der Waals surface area contributed by atoms with Crippen LogP contribution in [0.5, 0.6) is 17.2 Å². The number of carbonyl (C=O) groups excluding carboxylic acids is 1. The summed E-state index contributed by atoms with van der Waals surface area (Å²) in [6, 6.07) is 22.0. The molecule has 4 aromatic rings. The summed E-state index contributed by atoms with van der Waals surface area (Å²) in [6.07, 6.45) is 1.97. The molecule has 0 bridgehead atoms. The van der Waals surface area contributed by atoms with Crippen LogP contribution >= 0.6 is 0 Å². The number of carbonyl (C=O) groups is 1. The van der Waals surface area contributed by atoms with E-state index in [1.54, 1.807) is 37.3 Å². The van der Waals surface area contributed by atoms with Crippen molar-refractivity contribution in [2.24, 2.45) is 5.92 Å². The molecule has 8 nitrogen and oxygen atoms in total. The average molecular weight is 695 g/mol. The van der Waals surface area contributed by atoms with E-state index >= 15 is 8.78 Å². The van der Waals surface area contributed by atoms with Gasteiger partial charge in [0.25, 0.3) is 5.91 Å². The molecule has 2 fully saturated rings. The zero-order chi connectivity index (χ0) is 35.2. The van der Waals surface area contributed by atoms with E-state index in [-0.39, 0.29) is 35.1 Å². The molecule has 1 N–H and O–H groups in total. The van der Waals surface area contributed by atoms with Gasteiger partial charge in [-0.25, -0.2) is 8.78 Å². The topological polar surface area (TPSA) is 68.7 Å². The number of piperidine rings is 1. The molecule has 1 amide bonds. The number of rotatable bonds is 7. The minimum atomic E-state index is -0.326. The molecule has 0 saturated carbocycles. The van der Waals surface area contributed by atoms with Gasteiger partial charge in [-0.3, -0.25) is 9.69 Å². The zero-order valence-electron chi connectivity index (χ0n) is 29.2. The van der Waals surface area contributed by atoms with Crippen LogP contribution in [0.1, 0.15) is 57.3 Å². The van der Waals surface area contributed by atoms with Crippen molar-refractivity contribution in [2.45, 2.75) is 31.2 Å². The molecule has 10 heteroatoms. The first-order valence-corrected chi connectivity index (χ1v) is 17.9. The predicted octanol–water partition coefficient (Wildman–Crippen LogP) is 6.61. The monoisotopic (exact) mass is 694 g/mol. The van der Waals surface area contributed by atoms with E-state index in [2.05, 4.69) is 20.8 Å². The predicted molar refractivity (Wildman–Crippen MR) is 193 cm³/mol. The average Bonchev–Trinajstić information content (AvgIpc) is 3.42. The molecule has 0 radical (unpaired) electrons. The number of hydrogen-bond donors (Lipinski definition) is 1. The van der Waals surface area contributed by atoms with E-state index in [0.717, 1.165) is 86.7 Å². The fraction of sp³-hybridized carbons (Fsp3) is 0.390. The number of amides is 1. The van der Waals surface area contributed by atoms with Crippen LogP contribution in [-0.4, -0.2) is 87.4 Å². The Morgan fingerprint density at radius 3 is 2.37 bits per heavy atom. The second-order valence-electron chi connectivity index (χ2n) is 14.4. The van der Waals surface area contributed by atoms with Crippen LogP contribution in [0.2, 0.25) is 0 Å². The van der Waals surface area contributed by atoms with Gasteiger partial charge in [0.15, 0.2) is 0 Å². The number of phenols is 1. The molecule has 2 unspecified atom stereocenters. The van der Waals surface area contributed by atoms with Crippen LogP contribution < -0.4 is 19.3 Å². The van der Waals surface area contributed by atoms with Crippen molar-refractivity contribution in [2.75, 3.05) is 76.4 Å². The van der Waals surface area contributed by atoms with Crippen LogP contribution in [0.3, 0.4) is 0 Å². The van der Waals surface area contributed by atoms with Crippen molar-refractivity contribution in [1.29, 1.82) is 0 Å². The molecule has 0 aromatic heterocycles. The van der Waals surface area contributed by atoms with Crippen molar-refractivity contribution in [3.8, 4) is 17.2 Å². The molecule has 4 aromatic carbocycles. The normalized spacial score (nSPS) is 21.0. The number of methoxy groups -OCH3 is 1. The van der Waals surface area contributed by atoms with Gasteiger partial charge < -0.3 is 29.3 Å². The SMILES string of the molecule is COc1cccc(C2COc3cc(O)ccc3C2c2ccc(N3CCC(CN4CCN(c5cc6c(cc5F)C(=O)N(C)C6)CC4)CC3)c(F)c2)c1. The van der Waals surface area contributed by atoms with Crippen LogP contribution in [0.4, 0.5) is 20.2 Å². The summed E-state index contributed by atoms with van der Waals surface area (Å²) >= 11 is 0. The van der Waals surface area contributed by atoms with Gasteiger partial charge in [-0.1, -0.05) is 24.3 Å². The number of ether oxygens (including phenoxy) is 2. The Kier molecular flexibility index (Phi) is 8.96. The molecule has 0 aliphatic carbocycles. The Balaban J connectivity index is 0.906. The van der Waals surface area contributed by atoms with Crippen molar-refractivity contribution >= 4 is 17.3 Å². The Morgan fingerprint density at radius 2 is 1.61 bits per heavy atom. The van der Waals surface area contributed by atoms with Crippen molar-refractivity contribution in [3.63, 3.8) is 0 Å². The highest BCUT2D eigenvalue weighted by Gasteiger charge is 2.35. The minimum Gasteiger partial charge on any atom is -0.508 e. The molecule has 8 rings (SSSR count). The van der Waals surface area contributed by atoms with Gasteiger partial charge in [-0.05, 0) is 77.9 Å². The van der Waals surface area contributed by atoms with Crippen LogP contribution in [0, 0.1) is 17.6 Å². The van der Waals surface area contributed by atoms with E-state index in [1.807, 2.05) is 42.5 Å². The summed E-state index contributed by atoms with van der Waals surface area (Å²) in [4.78, 5) is 20.6. The first-order valence-electron chi connectivity index (χ1n) is 17.9. The van der Waals surface area contributed by atoms with E-state index in [1.165, 1.54) is 6.07 Å². The summed E-state index contributed by atoms with van der Waals surface area (Å²) in [6.45, 7) is 6.69. The molecule has 4 aliphatic heterocycles. The third kappa shape index (κ3) is 6.46. The van der Waals surface area contributed by atoms with Gasteiger partial charge in [0, 0.05) is 88.4 Å². The number of benzene rings is 4. The number of halogens is 2.